The molecule has 2 heterocycles. The number of hydrogen-bond donors (Lipinski definition) is 4. The van der Waals surface area contributed by atoms with Crippen LogP contribution in [0.25, 0.3) is 10.4 Å². The van der Waals surface area contributed by atoms with E-state index in [4.69, 9.17) is 4.84 Å². The van der Waals surface area contributed by atoms with E-state index in [0.29, 0.717) is 16.4 Å². The van der Waals surface area contributed by atoms with Gasteiger partial charge in [0.15, 0.2) is 11.6 Å². The standard InChI is InChI=1S/C52H68F3IN6O6S/c1-33(35-17-19-36(20-18-35)48-34(2)57-32-69-48)58-50(66)45-30-39(64)31-62(45)51(67)41(52(3,4)5)29-38(63)16-13-11-9-7-8-10-12-14-25-61(6)26-15-27-68-60-49(65)40-22-23-42(53)46(55)47(40)59-44-24-21-37(56)28-43(44)54/h17-24,28,32-33,39,41,45,59,64H,7-16,25-27,29-31H2,1-6H3,(H,58,66)(H,60,65)/t33-,39+,41+,45-/m0/s1. The Bertz CT molecular complexity index is 2350. The van der Waals surface area contributed by atoms with Crippen LogP contribution in [-0.2, 0) is 19.2 Å². The van der Waals surface area contributed by atoms with Crippen LogP contribution < -0.4 is 16.1 Å². The number of thiazole rings is 1. The topological polar surface area (TPSA) is 153 Å². The van der Waals surface area contributed by atoms with Crippen LogP contribution in [0.3, 0.4) is 0 Å². The molecule has 69 heavy (non-hydrogen) atoms. The molecule has 376 valence electrons. The Morgan fingerprint density at radius 2 is 1.59 bits per heavy atom. The second-order valence-corrected chi connectivity index (χ2v) is 21.3. The molecule has 0 spiro atoms. The number of hydrogen-bond acceptors (Lipinski definition) is 10. The second-order valence-electron chi connectivity index (χ2n) is 19.2. The number of halogens is 4. The number of carbonyl (C=O) groups excluding carboxylic acids is 4. The molecule has 0 aliphatic carbocycles. The van der Waals surface area contributed by atoms with Gasteiger partial charge in [0.2, 0.25) is 11.8 Å². The van der Waals surface area contributed by atoms with Gasteiger partial charge in [-0.15, -0.1) is 11.3 Å². The number of amides is 3. The molecular weight excluding hydrogens is 1020 g/mol. The number of hydroxylamine groups is 1. The van der Waals surface area contributed by atoms with Crippen molar-refractivity contribution in [2.24, 2.45) is 11.3 Å². The molecule has 5 rings (SSSR count). The lowest BCUT2D eigenvalue weighted by atomic mass is 9.76. The highest BCUT2D eigenvalue weighted by atomic mass is 127. The molecule has 17 heteroatoms. The fraction of sp³-hybridized carbons (Fsp3) is 0.519. The zero-order valence-corrected chi connectivity index (χ0v) is 43.6. The van der Waals surface area contributed by atoms with Crippen molar-refractivity contribution in [2.45, 2.75) is 130 Å². The average Bonchev–Trinajstić information content (AvgIpc) is 3.92. The molecule has 4 N–H and O–H groups in total. The van der Waals surface area contributed by atoms with Gasteiger partial charge in [0.1, 0.15) is 17.6 Å². The van der Waals surface area contributed by atoms with Crippen LogP contribution in [-0.4, -0.2) is 88.8 Å². The summed E-state index contributed by atoms with van der Waals surface area (Å²) in [7, 11) is 2.02. The molecule has 4 aromatic rings. The minimum absolute atomic E-state index is 0.0380. The number of Topliss-reactive ketones (excluding diaryl/α,β-unsaturated/α-hetero) is 1. The Balaban J connectivity index is 0.925. The molecule has 0 saturated carbocycles. The van der Waals surface area contributed by atoms with Crippen LogP contribution in [0.5, 0.6) is 0 Å². The van der Waals surface area contributed by atoms with E-state index < -0.39 is 52.5 Å². The van der Waals surface area contributed by atoms with Crippen molar-refractivity contribution in [3.8, 4) is 10.4 Å². The highest BCUT2D eigenvalue weighted by molar-refractivity contribution is 14.1. The summed E-state index contributed by atoms with van der Waals surface area (Å²) in [6, 6.07) is 13.0. The van der Waals surface area contributed by atoms with Gasteiger partial charge in [-0.05, 0) is 116 Å². The number of β-amino-alcohol motifs (C(OH)–C–C–N with tert-alkyl or cyclic N) is 1. The van der Waals surface area contributed by atoms with Crippen molar-refractivity contribution in [3.05, 3.63) is 98.0 Å². The molecule has 1 aromatic heterocycles. The fourth-order valence-electron chi connectivity index (χ4n) is 8.54. The number of carbonyl (C=O) groups is 4. The lowest BCUT2D eigenvalue weighted by Gasteiger charge is -2.35. The number of aliphatic hydroxyl groups excluding tert-OH is 1. The van der Waals surface area contributed by atoms with Gasteiger partial charge in [-0.3, -0.25) is 24.0 Å². The summed E-state index contributed by atoms with van der Waals surface area (Å²) in [5.74, 6) is -5.14. The number of aromatic nitrogens is 1. The molecule has 1 saturated heterocycles. The Hall–Kier alpha value is -4.43. The molecule has 0 bridgehead atoms. The van der Waals surface area contributed by atoms with E-state index in [9.17, 15) is 37.5 Å². The third kappa shape index (κ3) is 16.6. The zero-order chi connectivity index (χ0) is 50.3. The molecule has 3 amide bonds. The first kappa shape index (κ1) is 55.5. The Kier molecular flexibility index (Phi) is 21.5. The van der Waals surface area contributed by atoms with E-state index in [0.717, 1.165) is 98.3 Å². The van der Waals surface area contributed by atoms with Crippen molar-refractivity contribution in [1.82, 2.24) is 25.6 Å². The van der Waals surface area contributed by atoms with Crippen LogP contribution in [0.1, 0.15) is 132 Å². The SMILES string of the molecule is Cc1ncsc1-c1ccc([C@H](C)NC(=O)[C@@H]2C[C@@H](O)CN2C(=O)[C@@H](CC(=O)CCCCCCCCCCN(C)CCCONC(=O)c2ccc(F)c(F)c2Nc2ccc(I)cc2F)C(C)(C)C)cc1. The maximum Gasteiger partial charge on any atom is 0.277 e. The predicted molar refractivity (Wildman–Crippen MR) is 273 cm³/mol. The van der Waals surface area contributed by atoms with E-state index in [1.165, 1.54) is 17.0 Å². The summed E-state index contributed by atoms with van der Waals surface area (Å²) in [6.45, 7) is 11.6. The largest absolute Gasteiger partial charge is 0.391 e. The number of likely N-dealkylation sites (tertiary alicyclic amines) is 1. The maximum atomic E-state index is 14.7. The van der Waals surface area contributed by atoms with Crippen molar-refractivity contribution in [3.63, 3.8) is 0 Å². The number of nitrogens with zero attached hydrogens (tertiary/aromatic N) is 3. The smallest absolute Gasteiger partial charge is 0.277 e. The Morgan fingerprint density at radius 1 is 0.928 bits per heavy atom. The number of unbranched alkanes of at least 4 members (excludes halogenated alkanes) is 7. The Morgan fingerprint density at radius 3 is 2.25 bits per heavy atom. The van der Waals surface area contributed by atoms with Gasteiger partial charge in [0.25, 0.3) is 5.91 Å². The molecule has 1 fully saturated rings. The van der Waals surface area contributed by atoms with Crippen molar-refractivity contribution in [1.29, 1.82) is 0 Å². The predicted octanol–water partition coefficient (Wildman–Crippen LogP) is 10.8. The van der Waals surface area contributed by atoms with E-state index in [2.05, 4.69) is 26.0 Å². The molecule has 0 radical (unpaired) electrons. The van der Waals surface area contributed by atoms with E-state index in [1.807, 2.05) is 94.0 Å². The van der Waals surface area contributed by atoms with Gasteiger partial charge < -0.3 is 25.5 Å². The van der Waals surface area contributed by atoms with Crippen LogP contribution in [0, 0.1) is 39.3 Å². The van der Waals surface area contributed by atoms with Gasteiger partial charge in [0, 0.05) is 41.8 Å². The number of anilines is 2. The lowest BCUT2D eigenvalue weighted by Crippen LogP contribution is -2.50. The molecule has 3 aromatic carbocycles. The molecule has 4 atom stereocenters. The van der Waals surface area contributed by atoms with Crippen LogP contribution in [0.15, 0.2) is 60.1 Å². The number of aliphatic hydroxyl groups is 1. The zero-order valence-electron chi connectivity index (χ0n) is 40.6. The van der Waals surface area contributed by atoms with E-state index in [1.54, 1.807) is 17.4 Å². The van der Waals surface area contributed by atoms with Crippen molar-refractivity contribution in [2.75, 3.05) is 38.6 Å². The van der Waals surface area contributed by atoms with Gasteiger partial charge >= 0.3 is 0 Å². The minimum atomic E-state index is -1.31. The van der Waals surface area contributed by atoms with Gasteiger partial charge in [-0.1, -0.05) is 83.6 Å². The first-order chi connectivity index (χ1) is 32.8. The van der Waals surface area contributed by atoms with Crippen LogP contribution in [0.4, 0.5) is 24.5 Å². The van der Waals surface area contributed by atoms with Crippen LogP contribution in [0.2, 0.25) is 0 Å². The molecule has 12 nitrogen and oxygen atoms in total. The number of aryl methyl sites for hydroxylation is 1. The number of nitrogens with one attached hydrogen (secondary N) is 3. The minimum Gasteiger partial charge on any atom is -0.391 e. The third-order valence-corrected chi connectivity index (χ3v) is 14.3. The summed E-state index contributed by atoms with van der Waals surface area (Å²) >= 11 is 3.51. The van der Waals surface area contributed by atoms with E-state index in [-0.39, 0.29) is 60.9 Å². The summed E-state index contributed by atoms with van der Waals surface area (Å²) < 4.78 is 43.8. The summed E-state index contributed by atoms with van der Waals surface area (Å²) in [6.07, 6.45) is 8.59. The van der Waals surface area contributed by atoms with Crippen LogP contribution >= 0.6 is 33.9 Å². The monoisotopic (exact) mass is 1090 g/mol. The third-order valence-electron chi connectivity index (χ3n) is 12.6. The number of rotatable bonds is 26. The summed E-state index contributed by atoms with van der Waals surface area (Å²) in [5.41, 5.74) is 5.68. The quantitative estimate of drug-likeness (QED) is 0.0273. The average molecular weight is 1090 g/mol. The normalized spacial score (nSPS) is 15.9. The van der Waals surface area contributed by atoms with Gasteiger partial charge in [0.05, 0.1) is 51.8 Å². The first-order valence-electron chi connectivity index (χ1n) is 24.0. The number of benzene rings is 3. The van der Waals surface area contributed by atoms with E-state index >= 15 is 0 Å². The second kappa shape index (κ2) is 26.7. The number of ketones is 1. The molecule has 1 aliphatic heterocycles. The van der Waals surface area contributed by atoms with Crippen molar-refractivity contribution < 1.29 is 42.3 Å². The summed E-state index contributed by atoms with van der Waals surface area (Å²) in [5, 5.41) is 16.2. The molecule has 0 unspecified atom stereocenters. The first-order valence-corrected chi connectivity index (χ1v) is 25.9. The molecule has 1 aliphatic rings. The lowest BCUT2D eigenvalue weighted by molar-refractivity contribution is -0.146. The molecular formula is C52H68F3IN6O6S. The highest BCUT2D eigenvalue weighted by Gasteiger charge is 2.44. The van der Waals surface area contributed by atoms with Gasteiger partial charge in [-0.2, -0.15) is 0 Å². The highest BCUT2D eigenvalue weighted by Crippen LogP contribution is 2.35. The van der Waals surface area contributed by atoms with Gasteiger partial charge in [-0.25, -0.2) is 23.6 Å². The fourth-order valence-corrected chi connectivity index (χ4v) is 9.80. The Labute approximate surface area is 422 Å². The van der Waals surface area contributed by atoms with Crippen molar-refractivity contribution >= 4 is 68.8 Å². The maximum absolute atomic E-state index is 14.7. The summed E-state index contributed by atoms with van der Waals surface area (Å²) in [4.78, 5) is 68.3.